The number of aliphatic hydroxyl groups is 2. The number of aryl methyl sites for hydroxylation is 1. The largest absolute Gasteiger partial charge is 0.390 e. The zero-order chi connectivity index (χ0) is 27.4. The van der Waals surface area contributed by atoms with Crippen LogP contribution in [0.4, 0.5) is 13.6 Å². The van der Waals surface area contributed by atoms with Crippen molar-refractivity contribution in [2.75, 3.05) is 39.9 Å². The van der Waals surface area contributed by atoms with Crippen LogP contribution in [-0.4, -0.2) is 78.1 Å². The van der Waals surface area contributed by atoms with Crippen LogP contribution < -0.4 is 5.73 Å². The molecule has 0 aliphatic carbocycles. The Kier molecular flexibility index (Phi) is 9.03. The van der Waals surface area contributed by atoms with E-state index < -0.39 is 35.3 Å². The molecule has 9 heteroatoms. The molecular formula is C29H39F2N3O4. The minimum atomic E-state index is -1.51. The number of carbonyl (C=O) groups is 1. The van der Waals surface area contributed by atoms with Gasteiger partial charge in [0, 0.05) is 63.0 Å². The van der Waals surface area contributed by atoms with Crippen LogP contribution in [0.25, 0.3) is 11.1 Å². The normalized spacial score (nSPS) is 23.5. The fraction of sp³-hybridized carbons (Fsp3) is 0.552. The Bertz CT molecular complexity index is 1120. The van der Waals surface area contributed by atoms with Crippen molar-refractivity contribution in [1.82, 2.24) is 9.80 Å². The molecule has 0 radical (unpaired) electrons. The van der Waals surface area contributed by atoms with E-state index in [9.17, 15) is 15.0 Å². The standard InChI is InChI=1S/C29H39F2N3O4/c1-19-10-11-23(30)21(15-19)27-22(8-5-9-24(27)31)29(37,12-3-4-14-38-2)20-7-6-13-33(16-20)28(36)34-17-25(32)26(35)18-34/h5,8-11,15,20,25-26,35,37H,3-4,6-7,12-14,16-18,32H2,1-2H3/t20-,25-,26+,29+/m1/s1. The van der Waals surface area contributed by atoms with E-state index in [1.165, 1.54) is 12.1 Å². The van der Waals surface area contributed by atoms with Crippen LogP contribution in [0.15, 0.2) is 36.4 Å². The van der Waals surface area contributed by atoms with Crippen LogP contribution in [0.2, 0.25) is 0 Å². The summed E-state index contributed by atoms with van der Waals surface area (Å²) in [5, 5.41) is 22.5. The molecule has 2 heterocycles. The Balaban J connectivity index is 1.71. The molecule has 0 bridgehead atoms. The van der Waals surface area contributed by atoms with E-state index in [2.05, 4.69) is 0 Å². The van der Waals surface area contributed by atoms with Gasteiger partial charge in [-0.15, -0.1) is 0 Å². The number of benzene rings is 2. The van der Waals surface area contributed by atoms with Crippen molar-refractivity contribution in [1.29, 1.82) is 0 Å². The smallest absolute Gasteiger partial charge is 0.320 e. The predicted octanol–water partition coefficient (Wildman–Crippen LogP) is 3.78. The average Bonchev–Trinajstić information content (AvgIpc) is 3.25. The number of urea groups is 1. The number of nitrogens with two attached hydrogens (primary N) is 1. The lowest BCUT2D eigenvalue weighted by Crippen LogP contribution is -2.52. The molecule has 208 valence electrons. The molecule has 0 spiro atoms. The number of carbonyl (C=O) groups excluding carboxylic acids is 1. The lowest BCUT2D eigenvalue weighted by atomic mass is 9.72. The number of rotatable bonds is 8. The molecule has 2 aromatic rings. The van der Waals surface area contributed by atoms with Gasteiger partial charge in [0.05, 0.1) is 11.7 Å². The van der Waals surface area contributed by atoms with Gasteiger partial charge in [0.15, 0.2) is 0 Å². The molecule has 2 aliphatic heterocycles. The highest BCUT2D eigenvalue weighted by molar-refractivity contribution is 5.75. The van der Waals surface area contributed by atoms with Gasteiger partial charge in [0.1, 0.15) is 11.6 Å². The van der Waals surface area contributed by atoms with E-state index in [1.807, 2.05) is 6.92 Å². The predicted molar refractivity (Wildman–Crippen MR) is 141 cm³/mol. The number of nitrogens with zero attached hydrogens (tertiary/aromatic N) is 2. The lowest BCUT2D eigenvalue weighted by Gasteiger charge is -2.44. The zero-order valence-electron chi connectivity index (χ0n) is 22.2. The van der Waals surface area contributed by atoms with Crippen molar-refractivity contribution in [3.63, 3.8) is 0 Å². The van der Waals surface area contributed by atoms with Gasteiger partial charge in [-0.3, -0.25) is 0 Å². The third kappa shape index (κ3) is 5.86. The first-order valence-electron chi connectivity index (χ1n) is 13.4. The summed E-state index contributed by atoms with van der Waals surface area (Å²) < 4.78 is 35.7. The van der Waals surface area contributed by atoms with E-state index >= 15 is 8.78 Å². The van der Waals surface area contributed by atoms with Gasteiger partial charge in [-0.25, -0.2) is 13.6 Å². The first-order valence-corrected chi connectivity index (χ1v) is 13.4. The van der Waals surface area contributed by atoms with E-state index in [4.69, 9.17) is 10.5 Å². The highest BCUT2D eigenvalue weighted by Crippen LogP contribution is 2.45. The Morgan fingerprint density at radius 1 is 1.13 bits per heavy atom. The second-order valence-corrected chi connectivity index (χ2v) is 10.7. The molecule has 4 rings (SSSR count). The number of ether oxygens (including phenoxy) is 1. The molecule has 2 aliphatic rings. The molecule has 0 unspecified atom stereocenters. The number of β-amino-alcohol motifs (C(OH)–C–C–N with tert-alkyl or cyclic N) is 1. The van der Waals surface area contributed by atoms with E-state index in [0.29, 0.717) is 50.8 Å². The molecule has 2 amide bonds. The first kappa shape index (κ1) is 28.4. The number of halogens is 2. The number of unbranched alkanes of at least 4 members (excludes halogenated alkanes) is 1. The molecule has 0 saturated carbocycles. The second kappa shape index (κ2) is 12.1. The number of hydrogen-bond acceptors (Lipinski definition) is 5. The molecule has 7 nitrogen and oxygen atoms in total. The summed E-state index contributed by atoms with van der Waals surface area (Å²) >= 11 is 0. The number of piperidine rings is 1. The second-order valence-electron chi connectivity index (χ2n) is 10.7. The molecular weight excluding hydrogens is 492 g/mol. The van der Waals surface area contributed by atoms with Crippen LogP contribution in [0.5, 0.6) is 0 Å². The molecule has 2 saturated heterocycles. The summed E-state index contributed by atoms with van der Waals surface area (Å²) in [5.74, 6) is -1.57. The number of aliphatic hydroxyl groups excluding tert-OH is 1. The molecule has 0 aromatic heterocycles. The minimum absolute atomic E-state index is 0.0556. The van der Waals surface area contributed by atoms with Gasteiger partial charge in [-0.2, -0.15) is 0 Å². The van der Waals surface area contributed by atoms with E-state index in [0.717, 1.165) is 5.56 Å². The topological polar surface area (TPSA) is 99.3 Å². The van der Waals surface area contributed by atoms with Crippen molar-refractivity contribution in [3.05, 3.63) is 59.2 Å². The molecule has 2 aromatic carbocycles. The summed E-state index contributed by atoms with van der Waals surface area (Å²) in [7, 11) is 1.61. The number of methoxy groups -OCH3 is 1. The first-order chi connectivity index (χ1) is 18.2. The summed E-state index contributed by atoms with van der Waals surface area (Å²) in [5.41, 5.74) is 5.68. The Morgan fingerprint density at radius 3 is 2.63 bits per heavy atom. The highest BCUT2D eigenvalue weighted by atomic mass is 19.1. The molecule has 38 heavy (non-hydrogen) atoms. The van der Waals surface area contributed by atoms with Gasteiger partial charge in [0.25, 0.3) is 0 Å². The van der Waals surface area contributed by atoms with Crippen molar-refractivity contribution in [2.45, 2.75) is 56.8 Å². The molecule has 4 atom stereocenters. The van der Waals surface area contributed by atoms with Crippen molar-refractivity contribution < 1.29 is 28.5 Å². The van der Waals surface area contributed by atoms with Crippen molar-refractivity contribution in [2.24, 2.45) is 11.7 Å². The zero-order valence-corrected chi connectivity index (χ0v) is 22.2. The van der Waals surface area contributed by atoms with Crippen LogP contribution in [0, 0.1) is 24.5 Å². The lowest BCUT2D eigenvalue weighted by molar-refractivity contribution is -0.0573. The van der Waals surface area contributed by atoms with E-state index in [1.54, 1.807) is 41.2 Å². The third-order valence-electron chi connectivity index (χ3n) is 8.00. The average molecular weight is 532 g/mol. The fourth-order valence-electron chi connectivity index (χ4n) is 5.90. The highest BCUT2D eigenvalue weighted by Gasteiger charge is 2.44. The maximum Gasteiger partial charge on any atom is 0.320 e. The SMILES string of the molecule is COCCCC[C@@](O)(c1cccc(F)c1-c1cc(C)ccc1F)[C@@H]1CCCN(C(=O)N2C[C@@H](N)[C@@H](O)C2)C1. The quantitative estimate of drug-likeness (QED) is 0.451. The van der Waals surface area contributed by atoms with E-state index in [-0.39, 0.29) is 36.8 Å². The maximum atomic E-state index is 15.5. The maximum absolute atomic E-state index is 15.5. The number of hydrogen-bond donors (Lipinski definition) is 3. The minimum Gasteiger partial charge on any atom is -0.390 e. The van der Waals surface area contributed by atoms with Gasteiger partial charge < -0.3 is 30.5 Å². The Morgan fingerprint density at radius 2 is 1.92 bits per heavy atom. The number of likely N-dealkylation sites (tertiary alicyclic amines) is 2. The van der Waals surface area contributed by atoms with Gasteiger partial charge in [-0.1, -0.05) is 23.8 Å². The summed E-state index contributed by atoms with van der Waals surface area (Å²) in [6.45, 7) is 3.54. The van der Waals surface area contributed by atoms with Crippen molar-refractivity contribution in [3.8, 4) is 11.1 Å². The summed E-state index contributed by atoms with van der Waals surface area (Å²) in [6.07, 6.45) is 2.12. The monoisotopic (exact) mass is 531 g/mol. The van der Waals surface area contributed by atoms with Crippen LogP contribution in [0.3, 0.4) is 0 Å². The van der Waals surface area contributed by atoms with Gasteiger partial charge in [-0.05, 0) is 62.8 Å². The van der Waals surface area contributed by atoms with Crippen LogP contribution >= 0.6 is 0 Å². The van der Waals surface area contributed by atoms with Crippen LogP contribution in [0.1, 0.15) is 43.2 Å². The van der Waals surface area contributed by atoms with Crippen LogP contribution in [-0.2, 0) is 10.3 Å². The molecule has 2 fully saturated rings. The Hall–Kier alpha value is -2.59. The Labute approximate surface area is 223 Å². The summed E-state index contributed by atoms with van der Waals surface area (Å²) in [6, 6.07) is 8.32. The van der Waals surface area contributed by atoms with Gasteiger partial charge in [0.2, 0.25) is 0 Å². The molecule has 4 N–H and O–H groups in total. The van der Waals surface area contributed by atoms with Gasteiger partial charge >= 0.3 is 6.03 Å². The van der Waals surface area contributed by atoms with Crippen molar-refractivity contribution >= 4 is 6.03 Å². The third-order valence-corrected chi connectivity index (χ3v) is 8.00. The summed E-state index contributed by atoms with van der Waals surface area (Å²) in [4.78, 5) is 16.5. The number of amides is 2. The fourth-order valence-corrected chi connectivity index (χ4v) is 5.90.